The standard InChI is InChI=1S/C11H16N2O2/c1-4-13(2)8-10-6-5-9(7-12-10)11(14)15-3/h5-7H,4,8H2,1-3H3. The molecule has 0 aliphatic carbocycles. The number of esters is 1. The van der Waals surface area contributed by atoms with Crippen LogP contribution in [0.15, 0.2) is 18.3 Å². The number of carbonyl (C=O) groups excluding carboxylic acids is 1. The Hall–Kier alpha value is -1.42. The van der Waals surface area contributed by atoms with Crippen molar-refractivity contribution in [3.05, 3.63) is 29.6 Å². The Morgan fingerprint density at radius 3 is 2.73 bits per heavy atom. The van der Waals surface area contributed by atoms with Crippen LogP contribution in [-0.2, 0) is 11.3 Å². The fraction of sp³-hybridized carbons (Fsp3) is 0.455. The van der Waals surface area contributed by atoms with Crippen LogP contribution in [0.4, 0.5) is 0 Å². The maximum atomic E-state index is 11.1. The largest absolute Gasteiger partial charge is 0.465 e. The highest BCUT2D eigenvalue weighted by Gasteiger charge is 2.05. The summed E-state index contributed by atoms with van der Waals surface area (Å²) in [5.74, 6) is -0.349. The lowest BCUT2D eigenvalue weighted by molar-refractivity contribution is 0.0600. The molecule has 0 amide bonds. The Bertz CT molecular complexity index is 322. The molecule has 0 bridgehead atoms. The zero-order valence-corrected chi connectivity index (χ0v) is 9.36. The summed E-state index contributed by atoms with van der Waals surface area (Å²) in [7, 11) is 3.39. The fourth-order valence-corrected chi connectivity index (χ4v) is 1.14. The van der Waals surface area contributed by atoms with Crippen molar-refractivity contribution in [2.24, 2.45) is 0 Å². The van der Waals surface area contributed by atoms with Crippen molar-refractivity contribution >= 4 is 5.97 Å². The molecule has 0 radical (unpaired) electrons. The van der Waals surface area contributed by atoms with Crippen LogP contribution in [0, 0.1) is 0 Å². The SMILES string of the molecule is CCN(C)Cc1ccc(C(=O)OC)cn1. The molecule has 4 heteroatoms. The first-order valence-electron chi connectivity index (χ1n) is 4.89. The van der Waals surface area contributed by atoms with E-state index in [4.69, 9.17) is 0 Å². The minimum atomic E-state index is -0.349. The third kappa shape index (κ3) is 3.32. The van der Waals surface area contributed by atoms with Crippen LogP contribution in [-0.4, -0.2) is 36.6 Å². The molecule has 0 saturated carbocycles. The molecule has 0 spiro atoms. The number of ether oxygens (including phenoxy) is 1. The molecule has 82 valence electrons. The molecule has 0 fully saturated rings. The van der Waals surface area contributed by atoms with Crippen LogP contribution in [0.5, 0.6) is 0 Å². The van der Waals surface area contributed by atoms with Gasteiger partial charge in [0.1, 0.15) is 0 Å². The summed E-state index contributed by atoms with van der Waals surface area (Å²) in [6.07, 6.45) is 1.55. The van der Waals surface area contributed by atoms with E-state index in [1.807, 2.05) is 13.1 Å². The summed E-state index contributed by atoms with van der Waals surface area (Å²) in [5.41, 5.74) is 1.44. The molecule has 0 atom stereocenters. The number of carbonyl (C=O) groups is 1. The molecule has 0 saturated heterocycles. The van der Waals surface area contributed by atoms with Crippen molar-refractivity contribution in [3.63, 3.8) is 0 Å². The molecule has 1 aromatic rings. The monoisotopic (exact) mass is 208 g/mol. The fourth-order valence-electron chi connectivity index (χ4n) is 1.14. The molecule has 1 aromatic heterocycles. The predicted octanol–water partition coefficient (Wildman–Crippen LogP) is 1.32. The number of hydrogen-bond acceptors (Lipinski definition) is 4. The van der Waals surface area contributed by atoms with Crippen molar-refractivity contribution < 1.29 is 9.53 Å². The summed E-state index contributed by atoms with van der Waals surface area (Å²) < 4.78 is 4.59. The lowest BCUT2D eigenvalue weighted by atomic mass is 10.2. The van der Waals surface area contributed by atoms with Gasteiger partial charge < -0.3 is 9.64 Å². The van der Waals surface area contributed by atoms with Gasteiger partial charge in [0.05, 0.1) is 18.4 Å². The average Bonchev–Trinajstić information content (AvgIpc) is 2.29. The number of aromatic nitrogens is 1. The molecule has 0 aliphatic heterocycles. The summed E-state index contributed by atoms with van der Waals surface area (Å²) in [6, 6.07) is 3.58. The smallest absolute Gasteiger partial charge is 0.339 e. The van der Waals surface area contributed by atoms with Crippen molar-refractivity contribution in [3.8, 4) is 0 Å². The van der Waals surface area contributed by atoms with Gasteiger partial charge in [0.15, 0.2) is 0 Å². The second-order valence-corrected chi connectivity index (χ2v) is 3.36. The van der Waals surface area contributed by atoms with Crippen LogP contribution in [0.1, 0.15) is 23.0 Å². The van der Waals surface area contributed by atoms with E-state index >= 15 is 0 Å². The van der Waals surface area contributed by atoms with E-state index in [1.54, 1.807) is 12.3 Å². The first-order valence-corrected chi connectivity index (χ1v) is 4.89. The van der Waals surface area contributed by atoms with Gasteiger partial charge >= 0.3 is 5.97 Å². The first-order chi connectivity index (χ1) is 7.17. The minimum absolute atomic E-state index is 0.349. The number of nitrogens with zero attached hydrogens (tertiary/aromatic N) is 2. The maximum Gasteiger partial charge on any atom is 0.339 e. The van der Waals surface area contributed by atoms with Gasteiger partial charge in [-0.2, -0.15) is 0 Å². The number of rotatable bonds is 4. The quantitative estimate of drug-likeness (QED) is 0.700. The van der Waals surface area contributed by atoms with Gasteiger partial charge in [-0.05, 0) is 25.7 Å². The summed E-state index contributed by atoms with van der Waals surface area (Å²) in [4.78, 5) is 17.5. The zero-order chi connectivity index (χ0) is 11.3. The van der Waals surface area contributed by atoms with Crippen LogP contribution in [0.25, 0.3) is 0 Å². The normalized spacial score (nSPS) is 10.4. The van der Waals surface area contributed by atoms with Gasteiger partial charge in [0.25, 0.3) is 0 Å². The Kier molecular flexibility index (Phi) is 4.24. The van der Waals surface area contributed by atoms with Gasteiger partial charge in [-0.1, -0.05) is 6.92 Å². The molecular formula is C11H16N2O2. The van der Waals surface area contributed by atoms with Crippen LogP contribution in [0.3, 0.4) is 0 Å². The van der Waals surface area contributed by atoms with Gasteiger partial charge in [-0.3, -0.25) is 4.98 Å². The summed E-state index contributed by atoms with van der Waals surface area (Å²) in [5, 5.41) is 0. The van der Waals surface area contributed by atoms with E-state index < -0.39 is 0 Å². The lowest BCUT2D eigenvalue weighted by Crippen LogP contribution is -2.17. The molecule has 4 nitrogen and oxygen atoms in total. The van der Waals surface area contributed by atoms with Crippen molar-refractivity contribution in [2.75, 3.05) is 20.7 Å². The molecule has 0 N–H and O–H groups in total. The molecule has 0 aromatic carbocycles. The van der Waals surface area contributed by atoms with Crippen LogP contribution < -0.4 is 0 Å². The van der Waals surface area contributed by atoms with Crippen LogP contribution >= 0.6 is 0 Å². The Balaban J connectivity index is 2.68. The van der Waals surface area contributed by atoms with E-state index in [1.165, 1.54) is 7.11 Å². The van der Waals surface area contributed by atoms with E-state index in [-0.39, 0.29) is 5.97 Å². The van der Waals surface area contributed by atoms with Gasteiger partial charge in [-0.15, -0.1) is 0 Å². The highest BCUT2D eigenvalue weighted by molar-refractivity contribution is 5.88. The number of hydrogen-bond donors (Lipinski definition) is 0. The van der Waals surface area contributed by atoms with E-state index in [9.17, 15) is 4.79 Å². The maximum absolute atomic E-state index is 11.1. The molecule has 1 rings (SSSR count). The highest BCUT2D eigenvalue weighted by atomic mass is 16.5. The Labute approximate surface area is 89.9 Å². The molecule has 0 unspecified atom stereocenters. The average molecular weight is 208 g/mol. The number of methoxy groups -OCH3 is 1. The van der Waals surface area contributed by atoms with Gasteiger partial charge in [0, 0.05) is 12.7 Å². The van der Waals surface area contributed by atoms with E-state index in [0.29, 0.717) is 5.56 Å². The summed E-state index contributed by atoms with van der Waals surface area (Å²) >= 11 is 0. The molecular weight excluding hydrogens is 192 g/mol. The number of pyridine rings is 1. The molecule has 1 heterocycles. The summed E-state index contributed by atoms with van der Waals surface area (Å²) in [6.45, 7) is 3.85. The van der Waals surface area contributed by atoms with Crippen molar-refractivity contribution in [2.45, 2.75) is 13.5 Å². The second kappa shape index (κ2) is 5.46. The third-order valence-electron chi connectivity index (χ3n) is 2.22. The van der Waals surface area contributed by atoms with Crippen molar-refractivity contribution in [1.82, 2.24) is 9.88 Å². The molecule has 0 aliphatic rings. The molecule has 15 heavy (non-hydrogen) atoms. The Morgan fingerprint density at radius 1 is 1.53 bits per heavy atom. The zero-order valence-electron chi connectivity index (χ0n) is 9.36. The lowest BCUT2D eigenvalue weighted by Gasteiger charge is -2.12. The van der Waals surface area contributed by atoms with Gasteiger partial charge in [-0.25, -0.2) is 4.79 Å². The Morgan fingerprint density at radius 2 is 2.27 bits per heavy atom. The van der Waals surface area contributed by atoms with Gasteiger partial charge in [0.2, 0.25) is 0 Å². The minimum Gasteiger partial charge on any atom is -0.465 e. The first kappa shape index (κ1) is 11.7. The highest BCUT2D eigenvalue weighted by Crippen LogP contribution is 2.03. The van der Waals surface area contributed by atoms with E-state index in [0.717, 1.165) is 18.8 Å². The topological polar surface area (TPSA) is 42.4 Å². The van der Waals surface area contributed by atoms with Crippen LogP contribution in [0.2, 0.25) is 0 Å². The predicted molar refractivity (Wildman–Crippen MR) is 57.6 cm³/mol. The van der Waals surface area contributed by atoms with Crippen molar-refractivity contribution in [1.29, 1.82) is 0 Å². The van der Waals surface area contributed by atoms with E-state index in [2.05, 4.69) is 21.5 Å². The third-order valence-corrected chi connectivity index (χ3v) is 2.22. The second-order valence-electron chi connectivity index (χ2n) is 3.36.